The van der Waals surface area contributed by atoms with Crippen molar-refractivity contribution < 1.29 is 58.1 Å². The minimum atomic E-state index is -1.84. The van der Waals surface area contributed by atoms with Crippen LogP contribution in [-0.4, -0.2) is 124 Å². The molecule has 1 aliphatic rings. The van der Waals surface area contributed by atoms with Crippen LogP contribution in [0.5, 0.6) is 0 Å². The topological polar surface area (TPSA) is 279 Å². The molecule has 0 radical (unpaired) electrons. The molecule has 7 amide bonds. The maximum Gasteiger partial charge on any atom is 0.327 e. The predicted octanol–water partition coefficient (Wildman–Crippen LogP) is 1.97. The van der Waals surface area contributed by atoms with Gasteiger partial charge in [0.25, 0.3) is 5.91 Å². The highest BCUT2D eigenvalue weighted by molar-refractivity contribution is 6.00. The Kier molecular flexibility index (Phi) is 21.4. The molecule has 1 aromatic carbocycles. The summed E-state index contributed by atoms with van der Waals surface area (Å²) in [6, 6.07) is 2.62. The van der Waals surface area contributed by atoms with Gasteiger partial charge in [-0.1, -0.05) is 95.3 Å². The van der Waals surface area contributed by atoms with E-state index >= 15 is 0 Å². The van der Waals surface area contributed by atoms with Crippen LogP contribution in [0.3, 0.4) is 0 Å². The number of methoxy groups -OCH3 is 1. The standard InChI is InChI=1S/C47H69N7O12/c1-25(2)22-35-43(60)52-38(45(63)64)29(6)40(57)53-47(9,10)46(65)51-33(19-18-26(3)23-27(4)36(66-12)24-32-16-14-13-15-17-32)28(5)39(56)49-34(44(61)62)20-21-37(55)54(11)31(8)42(59)48-30(7)41(58)50-35/h13-19,23,25,27-30,33-36,38H,8,20-22,24H2,1-7,9-12H3,(H,48,59)(H,49,56)(H,50,58)(H,51,65)(H,52,60)(H,53,57)(H,61,62)(H,63,64)/b19-18+,26-23+/t27-,28-,29-,30+,33-,34+,35-,36-,38+/m0/s1. The van der Waals surface area contributed by atoms with Crippen molar-refractivity contribution in [3.8, 4) is 0 Å². The Morgan fingerprint density at radius 2 is 1.48 bits per heavy atom. The Morgan fingerprint density at radius 1 is 0.864 bits per heavy atom. The Balaban J connectivity index is 2.62. The number of likely N-dealkylation sites (N-methyl/N-ethyl adjacent to an activating group) is 1. The molecule has 19 heteroatoms. The Hall–Kier alpha value is -6.37. The second kappa shape index (κ2) is 25.4. The van der Waals surface area contributed by atoms with Gasteiger partial charge in [0.1, 0.15) is 35.4 Å². The third kappa shape index (κ3) is 16.9. The van der Waals surface area contributed by atoms with Gasteiger partial charge >= 0.3 is 11.9 Å². The summed E-state index contributed by atoms with van der Waals surface area (Å²) in [5, 5.41) is 35.2. The average Bonchev–Trinajstić information content (AvgIpc) is 3.24. The van der Waals surface area contributed by atoms with Gasteiger partial charge in [0.2, 0.25) is 35.4 Å². The lowest BCUT2D eigenvalue weighted by Crippen LogP contribution is -2.61. The number of carbonyl (C=O) groups is 9. The van der Waals surface area contributed by atoms with E-state index in [1.54, 1.807) is 33.1 Å². The van der Waals surface area contributed by atoms with E-state index in [4.69, 9.17) is 4.74 Å². The maximum atomic E-state index is 14.0. The first-order valence-electron chi connectivity index (χ1n) is 21.9. The quantitative estimate of drug-likeness (QED) is 0.117. The van der Waals surface area contributed by atoms with E-state index in [0.717, 1.165) is 16.0 Å². The largest absolute Gasteiger partial charge is 0.480 e. The molecule has 0 aromatic heterocycles. The molecule has 2 rings (SSSR count). The summed E-state index contributed by atoms with van der Waals surface area (Å²) in [4.78, 5) is 121. The molecule has 364 valence electrons. The summed E-state index contributed by atoms with van der Waals surface area (Å²) >= 11 is 0. The van der Waals surface area contributed by atoms with Crippen molar-refractivity contribution in [2.24, 2.45) is 23.7 Å². The van der Waals surface area contributed by atoms with Gasteiger partial charge < -0.3 is 51.8 Å². The molecule has 0 bridgehead atoms. The summed E-state index contributed by atoms with van der Waals surface area (Å²) in [5.74, 6) is -12.0. The van der Waals surface area contributed by atoms with Crippen molar-refractivity contribution in [2.45, 2.75) is 130 Å². The maximum absolute atomic E-state index is 14.0. The van der Waals surface area contributed by atoms with Crippen molar-refractivity contribution >= 4 is 53.3 Å². The summed E-state index contributed by atoms with van der Waals surface area (Å²) < 4.78 is 5.79. The summed E-state index contributed by atoms with van der Waals surface area (Å²) in [5.41, 5.74) is -0.348. The number of allylic oxidation sites excluding steroid dienone is 2. The zero-order valence-electron chi connectivity index (χ0n) is 39.9. The summed E-state index contributed by atoms with van der Waals surface area (Å²) in [6.45, 7) is 17.6. The minimum absolute atomic E-state index is 0.0291. The van der Waals surface area contributed by atoms with Crippen LogP contribution < -0.4 is 31.9 Å². The minimum Gasteiger partial charge on any atom is -0.480 e. The lowest BCUT2D eigenvalue weighted by molar-refractivity contribution is -0.147. The van der Waals surface area contributed by atoms with Crippen LogP contribution in [0.1, 0.15) is 87.1 Å². The van der Waals surface area contributed by atoms with Crippen molar-refractivity contribution in [2.75, 3.05) is 14.2 Å². The first kappa shape index (κ1) is 55.8. The average molecular weight is 924 g/mol. The van der Waals surface area contributed by atoms with Crippen LogP contribution in [0, 0.1) is 23.7 Å². The first-order chi connectivity index (χ1) is 30.7. The number of carboxylic acid groups (broad SMARTS) is 2. The fourth-order valence-electron chi connectivity index (χ4n) is 6.93. The molecule has 1 fully saturated rings. The molecule has 66 heavy (non-hydrogen) atoms. The predicted molar refractivity (Wildman–Crippen MR) is 245 cm³/mol. The molecule has 1 saturated heterocycles. The Morgan fingerprint density at radius 3 is 2.05 bits per heavy atom. The second-order valence-corrected chi connectivity index (χ2v) is 17.8. The molecule has 0 unspecified atom stereocenters. The third-order valence-corrected chi connectivity index (χ3v) is 11.4. The monoisotopic (exact) mass is 924 g/mol. The molecule has 1 aliphatic heterocycles. The van der Waals surface area contributed by atoms with E-state index in [0.29, 0.717) is 6.42 Å². The van der Waals surface area contributed by atoms with Crippen molar-refractivity contribution in [3.63, 3.8) is 0 Å². The molecule has 0 saturated carbocycles. The SMILES string of the molecule is C=C1C(=O)N[C@H](C)C(=O)N[C@@H](CC(C)C)C(=O)N[C@@H](C(=O)O)[C@H](C)C(=O)NC(C)(C)C(=O)N[C@@H](/C=C/C(C)=C/[C@H](C)[C@H](Cc2ccccc2)OC)[C@H](C)C(=O)N[C@@H](C(=O)O)CCC(=O)N1C. The van der Waals surface area contributed by atoms with Gasteiger partial charge in [0.05, 0.1) is 24.0 Å². The number of hydrogen-bond acceptors (Lipinski definition) is 10. The fourth-order valence-corrected chi connectivity index (χ4v) is 6.93. The zero-order chi connectivity index (χ0) is 50.2. The van der Waals surface area contributed by atoms with E-state index in [-0.39, 0.29) is 24.4 Å². The van der Waals surface area contributed by atoms with Gasteiger partial charge in [0.15, 0.2) is 0 Å². The van der Waals surface area contributed by atoms with E-state index in [9.17, 15) is 53.4 Å². The second-order valence-electron chi connectivity index (χ2n) is 17.8. The van der Waals surface area contributed by atoms with E-state index < -0.39 is 119 Å². The zero-order valence-corrected chi connectivity index (χ0v) is 39.9. The lowest BCUT2D eigenvalue weighted by atomic mass is 9.93. The third-order valence-electron chi connectivity index (χ3n) is 11.4. The number of aliphatic carboxylic acids is 2. The van der Waals surface area contributed by atoms with Crippen LogP contribution in [0.15, 0.2) is 66.4 Å². The van der Waals surface area contributed by atoms with Gasteiger partial charge in [-0.2, -0.15) is 0 Å². The molecule has 9 atom stereocenters. The molecule has 0 spiro atoms. The molecular formula is C47H69N7O12. The van der Waals surface area contributed by atoms with Crippen LogP contribution in [0.4, 0.5) is 0 Å². The molecule has 19 nitrogen and oxygen atoms in total. The number of benzene rings is 1. The lowest BCUT2D eigenvalue weighted by Gasteiger charge is -2.32. The highest BCUT2D eigenvalue weighted by Crippen LogP contribution is 2.19. The van der Waals surface area contributed by atoms with Gasteiger partial charge in [-0.3, -0.25) is 33.6 Å². The van der Waals surface area contributed by atoms with E-state index in [2.05, 4.69) is 38.5 Å². The van der Waals surface area contributed by atoms with Crippen LogP contribution >= 0.6 is 0 Å². The Bertz CT molecular complexity index is 2020. The highest BCUT2D eigenvalue weighted by Gasteiger charge is 2.39. The summed E-state index contributed by atoms with van der Waals surface area (Å²) in [6.07, 6.45) is 4.77. The van der Waals surface area contributed by atoms with Gasteiger partial charge in [0, 0.05) is 26.5 Å². The van der Waals surface area contributed by atoms with E-state index in [1.807, 2.05) is 50.3 Å². The number of carbonyl (C=O) groups excluding carboxylic acids is 7. The fraction of sp³-hybridized carbons (Fsp3) is 0.553. The Labute approximate surface area is 387 Å². The molecule has 8 N–H and O–H groups in total. The van der Waals surface area contributed by atoms with Gasteiger partial charge in [-0.25, -0.2) is 9.59 Å². The van der Waals surface area contributed by atoms with Crippen molar-refractivity contribution in [3.05, 3.63) is 72.0 Å². The number of carboxylic acids is 2. The van der Waals surface area contributed by atoms with Crippen LogP contribution in [-0.2, 0) is 54.3 Å². The molecule has 1 heterocycles. The normalized spacial score (nSPS) is 26.2. The smallest absolute Gasteiger partial charge is 0.327 e. The molecule has 1 aromatic rings. The molecule has 0 aliphatic carbocycles. The molecular weight excluding hydrogens is 855 g/mol. The van der Waals surface area contributed by atoms with Crippen molar-refractivity contribution in [1.29, 1.82) is 0 Å². The van der Waals surface area contributed by atoms with E-state index in [1.165, 1.54) is 41.7 Å². The number of ether oxygens (including phenoxy) is 1. The van der Waals surface area contributed by atoms with Crippen molar-refractivity contribution in [1.82, 2.24) is 36.8 Å². The number of nitrogens with zero attached hydrogens (tertiary/aromatic N) is 1. The summed E-state index contributed by atoms with van der Waals surface area (Å²) in [7, 11) is 2.84. The number of amides is 7. The number of nitrogens with one attached hydrogen (secondary N) is 6. The number of hydrogen-bond donors (Lipinski definition) is 8. The highest BCUT2D eigenvalue weighted by atomic mass is 16.5. The van der Waals surface area contributed by atoms with Gasteiger partial charge in [-0.15, -0.1) is 0 Å². The van der Waals surface area contributed by atoms with Gasteiger partial charge in [-0.05, 0) is 58.4 Å². The van der Waals surface area contributed by atoms with Crippen LogP contribution in [0.2, 0.25) is 0 Å². The number of rotatable bonds is 11. The van der Waals surface area contributed by atoms with Crippen LogP contribution in [0.25, 0.3) is 0 Å². The first-order valence-corrected chi connectivity index (χ1v) is 21.9.